The molecule has 0 amide bonds. The van der Waals surface area contributed by atoms with E-state index in [-0.39, 0.29) is 0 Å². The van der Waals surface area contributed by atoms with Crippen LogP contribution in [0.4, 0.5) is 0 Å². The van der Waals surface area contributed by atoms with Gasteiger partial charge in [0.2, 0.25) is 0 Å². The third-order valence-electron chi connectivity index (χ3n) is 10.3. The van der Waals surface area contributed by atoms with E-state index in [2.05, 4.69) is 164 Å². The maximum atomic E-state index is 6.97. The molecular weight excluding hydrogens is 669 g/mol. The molecule has 3 heteroatoms. The number of aromatic nitrogens is 2. The summed E-state index contributed by atoms with van der Waals surface area (Å²) in [6.45, 7) is 0. The summed E-state index contributed by atoms with van der Waals surface area (Å²) in [5.41, 5.74) is 15.3. The van der Waals surface area contributed by atoms with Crippen LogP contribution in [0.25, 0.3) is 100 Å². The van der Waals surface area contributed by atoms with E-state index in [1.165, 1.54) is 11.1 Å². The van der Waals surface area contributed by atoms with Gasteiger partial charge in [0.15, 0.2) is 5.82 Å². The average molecular weight is 703 g/mol. The Morgan fingerprint density at radius 3 is 1.29 bits per heavy atom. The monoisotopic (exact) mass is 702 g/mol. The van der Waals surface area contributed by atoms with Gasteiger partial charge in [-0.15, -0.1) is 0 Å². The van der Waals surface area contributed by atoms with E-state index >= 15 is 0 Å². The summed E-state index contributed by atoms with van der Waals surface area (Å²) in [5, 5.41) is 2.00. The maximum absolute atomic E-state index is 6.97. The van der Waals surface area contributed by atoms with Crippen molar-refractivity contribution >= 4 is 21.9 Å². The van der Waals surface area contributed by atoms with Gasteiger partial charge in [-0.25, -0.2) is 9.97 Å². The predicted molar refractivity (Wildman–Crippen MR) is 227 cm³/mol. The molecule has 2 heterocycles. The quantitative estimate of drug-likeness (QED) is 0.166. The molecule has 0 fully saturated rings. The molecule has 3 nitrogen and oxygen atoms in total. The number of hydrogen-bond donors (Lipinski definition) is 0. The summed E-state index contributed by atoms with van der Waals surface area (Å²) < 4.78 is 6.97. The highest BCUT2D eigenvalue weighted by atomic mass is 16.3. The van der Waals surface area contributed by atoms with Crippen molar-refractivity contribution in [2.45, 2.75) is 0 Å². The second kappa shape index (κ2) is 13.9. The molecule has 10 rings (SSSR count). The molecule has 0 radical (unpaired) electrons. The van der Waals surface area contributed by atoms with Gasteiger partial charge >= 0.3 is 0 Å². The van der Waals surface area contributed by atoms with E-state index in [1.807, 2.05) is 42.5 Å². The van der Waals surface area contributed by atoms with Gasteiger partial charge in [-0.3, -0.25) is 0 Å². The highest BCUT2D eigenvalue weighted by Crippen LogP contribution is 2.46. The molecule has 258 valence electrons. The third-order valence-corrected chi connectivity index (χ3v) is 10.3. The van der Waals surface area contributed by atoms with Crippen LogP contribution in [0.1, 0.15) is 0 Å². The largest absolute Gasteiger partial charge is 0.455 e. The smallest absolute Gasteiger partial charge is 0.161 e. The number of furan rings is 1. The van der Waals surface area contributed by atoms with Crippen LogP contribution in [0.5, 0.6) is 0 Å². The molecular formula is C52H34N2O. The zero-order chi connectivity index (χ0) is 36.6. The number of rotatable bonds is 7. The molecule has 0 aliphatic heterocycles. The van der Waals surface area contributed by atoms with Gasteiger partial charge in [-0.2, -0.15) is 0 Å². The summed E-state index contributed by atoms with van der Waals surface area (Å²) in [7, 11) is 0. The van der Waals surface area contributed by atoms with Crippen LogP contribution < -0.4 is 0 Å². The molecule has 0 spiro atoms. The molecule has 0 saturated carbocycles. The molecule has 0 N–H and O–H groups in total. The normalized spacial score (nSPS) is 11.3. The van der Waals surface area contributed by atoms with Crippen molar-refractivity contribution in [2.24, 2.45) is 0 Å². The minimum absolute atomic E-state index is 0.648. The van der Waals surface area contributed by atoms with Gasteiger partial charge in [0, 0.05) is 33.0 Å². The molecule has 0 unspecified atom stereocenters. The predicted octanol–water partition coefficient (Wildman–Crippen LogP) is 14.0. The highest BCUT2D eigenvalue weighted by Gasteiger charge is 2.22. The summed E-state index contributed by atoms with van der Waals surface area (Å²) in [6, 6.07) is 72.0. The minimum Gasteiger partial charge on any atom is -0.455 e. The zero-order valence-electron chi connectivity index (χ0n) is 29.9. The Hall–Kier alpha value is -7.36. The lowest BCUT2D eigenvalue weighted by Gasteiger charge is -2.15. The molecule has 0 bridgehead atoms. The van der Waals surface area contributed by atoms with Crippen LogP contribution in [0.3, 0.4) is 0 Å². The first-order valence-electron chi connectivity index (χ1n) is 18.6. The SMILES string of the molecule is c1ccc(-c2cc(-c3ccccc3)nc(-c3cccc4oc5c(-c6ccccc6-c6ccccc6)cc(-c6ccccc6-c6ccccc6)cc5c34)n2)cc1. The number of hydrogen-bond acceptors (Lipinski definition) is 3. The van der Waals surface area contributed by atoms with Gasteiger partial charge in [0.25, 0.3) is 0 Å². The van der Waals surface area contributed by atoms with E-state index in [0.717, 1.165) is 83.4 Å². The lowest BCUT2D eigenvalue weighted by molar-refractivity contribution is 0.670. The Morgan fingerprint density at radius 1 is 0.309 bits per heavy atom. The molecule has 8 aromatic carbocycles. The molecule has 0 aliphatic rings. The maximum Gasteiger partial charge on any atom is 0.161 e. The first-order chi connectivity index (χ1) is 27.3. The van der Waals surface area contributed by atoms with Crippen LogP contribution in [0.2, 0.25) is 0 Å². The Labute approximate surface area is 319 Å². The first kappa shape index (κ1) is 32.3. The van der Waals surface area contributed by atoms with Gasteiger partial charge in [-0.05, 0) is 63.2 Å². The molecule has 55 heavy (non-hydrogen) atoms. The van der Waals surface area contributed by atoms with E-state index in [9.17, 15) is 0 Å². The Bertz CT molecular complexity index is 2900. The number of fused-ring (bicyclic) bond motifs is 3. The summed E-state index contributed by atoms with van der Waals surface area (Å²) in [6.07, 6.45) is 0. The first-order valence-corrected chi connectivity index (χ1v) is 18.6. The summed E-state index contributed by atoms with van der Waals surface area (Å²) in [5.74, 6) is 0.648. The minimum atomic E-state index is 0.648. The summed E-state index contributed by atoms with van der Waals surface area (Å²) in [4.78, 5) is 10.5. The van der Waals surface area contributed by atoms with Crippen molar-refractivity contribution in [2.75, 3.05) is 0 Å². The van der Waals surface area contributed by atoms with Crippen LogP contribution >= 0.6 is 0 Å². The standard InChI is InChI=1S/C52H34N2O/c1-5-18-35(19-6-1)40-26-13-14-28-42(40)39-32-45(43-29-16-15-27-41(43)36-20-7-2-8-21-36)51-46(33-39)50-44(30-17-31-49(50)55-51)52-53-47(37-22-9-3-10-23-37)34-48(54-52)38-24-11-4-12-25-38/h1-34H. The Balaban J connectivity index is 1.28. The lowest BCUT2D eigenvalue weighted by Crippen LogP contribution is -1.96. The Morgan fingerprint density at radius 2 is 0.745 bits per heavy atom. The lowest BCUT2D eigenvalue weighted by atomic mass is 9.88. The van der Waals surface area contributed by atoms with E-state index in [4.69, 9.17) is 14.4 Å². The molecule has 0 saturated heterocycles. The molecule has 0 atom stereocenters. The van der Waals surface area contributed by atoms with E-state index in [1.54, 1.807) is 0 Å². The second-order valence-electron chi connectivity index (χ2n) is 13.7. The van der Waals surface area contributed by atoms with E-state index < -0.39 is 0 Å². The van der Waals surface area contributed by atoms with Crippen molar-refractivity contribution in [3.05, 3.63) is 206 Å². The van der Waals surface area contributed by atoms with Gasteiger partial charge < -0.3 is 4.42 Å². The molecule has 2 aromatic heterocycles. The summed E-state index contributed by atoms with van der Waals surface area (Å²) >= 11 is 0. The zero-order valence-corrected chi connectivity index (χ0v) is 29.9. The van der Waals surface area contributed by atoms with Gasteiger partial charge in [0.05, 0.1) is 11.4 Å². The van der Waals surface area contributed by atoms with Crippen molar-refractivity contribution < 1.29 is 4.42 Å². The fraction of sp³-hybridized carbons (Fsp3) is 0. The van der Waals surface area contributed by atoms with Crippen molar-refractivity contribution in [3.63, 3.8) is 0 Å². The van der Waals surface area contributed by atoms with E-state index in [0.29, 0.717) is 5.82 Å². The van der Waals surface area contributed by atoms with Gasteiger partial charge in [0.1, 0.15) is 11.2 Å². The van der Waals surface area contributed by atoms with Crippen molar-refractivity contribution in [3.8, 4) is 78.4 Å². The second-order valence-corrected chi connectivity index (χ2v) is 13.7. The van der Waals surface area contributed by atoms with Crippen molar-refractivity contribution in [1.82, 2.24) is 9.97 Å². The fourth-order valence-electron chi connectivity index (χ4n) is 7.74. The molecule has 10 aromatic rings. The topological polar surface area (TPSA) is 38.9 Å². The van der Waals surface area contributed by atoms with Gasteiger partial charge in [-0.1, -0.05) is 182 Å². The van der Waals surface area contributed by atoms with Crippen LogP contribution in [0, 0.1) is 0 Å². The number of benzene rings is 8. The highest BCUT2D eigenvalue weighted by molar-refractivity contribution is 6.17. The third kappa shape index (κ3) is 5.98. The Kier molecular flexibility index (Phi) is 8.16. The van der Waals surface area contributed by atoms with Crippen LogP contribution in [0.15, 0.2) is 211 Å². The average Bonchev–Trinajstić information content (AvgIpc) is 3.66. The fourth-order valence-corrected chi connectivity index (χ4v) is 7.74. The molecule has 0 aliphatic carbocycles. The van der Waals surface area contributed by atoms with Crippen LogP contribution in [-0.4, -0.2) is 9.97 Å². The van der Waals surface area contributed by atoms with Crippen molar-refractivity contribution in [1.29, 1.82) is 0 Å². The number of nitrogens with zero attached hydrogens (tertiary/aromatic N) is 2. The van der Waals surface area contributed by atoms with Crippen LogP contribution in [-0.2, 0) is 0 Å².